The van der Waals surface area contributed by atoms with E-state index in [-0.39, 0.29) is 66.1 Å². The van der Waals surface area contributed by atoms with Crippen LogP contribution in [0.4, 0.5) is 10.1 Å². The third kappa shape index (κ3) is 6.49. The molecule has 6 rings (SSSR count). The Morgan fingerprint density at radius 3 is 2.58 bits per heavy atom. The molecule has 3 aliphatic heterocycles. The molecule has 45 heavy (non-hydrogen) atoms. The lowest BCUT2D eigenvalue weighted by atomic mass is 10.0. The first kappa shape index (κ1) is 30.1. The predicted octanol–water partition coefficient (Wildman–Crippen LogP) is 1.81. The zero-order chi connectivity index (χ0) is 31.7. The standard InChI is InChI=1S/C30H29FN4O9S/c1-41-26-4-2-18-10-27(26)43-15-28(36)32-13-17-8-19(31)11-20(9-17)44-25-6-7-35(14-23(25)34-30(18)38)45(39,40)21-3-5-24-22(12-21)33-29(37)16-42-24/h2-5,8-12,23,25H,6-7,13-16H2,1H3,(H,32,36)(H,33,37)(H,34,38)/t23-,25+/m0/s1. The molecule has 0 aliphatic carbocycles. The molecule has 236 valence electrons. The normalized spacial score (nSPS) is 20.5. The van der Waals surface area contributed by atoms with Gasteiger partial charge in [0, 0.05) is 37.7 Å². The number of carbonyl (C=O) groups is 3. The molecular weight excluding hydrogens is 611 g/mol. The lowest BCUT2D eigenvalue weighted by Crippen LogP contribution is -2.58. The van der Waals surface area contributed by atoms with Crippen molar-refractivity contribution < 1.29 is 46.1 Å². The van der Waals surface area contributed by atoms with Crippen LogP contribution in [0, 0.1) is 5.82 Å². The molecule has 3 aromatic carbocycles. The molecule has 1 fully saturated rings. The first-order valence-electron chi connectivity index (χ1n) is 14.0. The zero-order valence-corrected chi connectivity index (χ0v) is 24.8. The Hall–Kier alpha value is -4.89. The minimum Gasteiger partial charge on any atom is -0.493 e. The van der Waals surface area contributed by atoms with Crippen LogP contribution < -0.4 is 34.9 Å². The van der Waals surface area contributed by atoms with E-state index in [9.17, 15) is 27.2 Å². The summed E-state index contributed by atoms with van der Waals surface area (Å²) in [5.41, 5.74) is 0.823. The van der Waals surface area contributed by atoms with Gasteiger partial charge in [0.05, 0.1) is 23.7 Å². The molecular formula is C30H29FN4O9S. The number of hydrogen-bond donors (Lipinski definition) is 3. The number of carbonyl (C=O) groups excluding carboxylic acids is 3. The van der Waals surface area contributed by atoms with Crippen LogP contribution in [-0.2, 0) is 26.2 Å². The van der Waals surface area contributed by atoms with E-state index in [1.54, 1.807) is 6.07 Å². The van der Waals surface area contributed by atoms with Crippen molar-refractivity contribution in [3.63, 3.8) is 0 Å². The number of halogens is 1. The maximum atomic E-state index is 14.6. The molecule has 3 amide bonds. The Kier molecular flexibility index (Phi) is 8.20. The van der Waals surface area contributed by atoms with Crippen LogP contribution in [0.1, 0.15) is 22.3 Å². The van der Waals surface area contributed by atoms with Gasteiger partial charge in [-0.2, -0.15) is 4.31 Å². The average molecular weight is 641 g/mol. The van der Waals surface area contributed by atoms with Gasteiger partial charge in [-0.3, -0.25) is 14.4 Å². The van der Waals surface area contributed by atoms with Crippen molar-refractivity contribution in [2.24, 2.45) is 0 Å². The number of amides is 3. The molecule has 0 saturated carbocycles. The summed E-state index contributed by atoms with van der Waals surface area (Å²) in [7, 11) is -2.68. The highest BCUT2D eigenvalue weighted by atomic mass is 32.2. The van der Waals surface area contributed by atoms with E-state index in [1.807, 2.05) is 0 Å². The summed E-state index contributed by atoms with van der Waals surface area (Å²) < 4.78 is 65.8. The first-order valence-corrected chi connectivity index (χ1v) is 15.4. The minimum atomic E-state index is -4.10. The smallest absolute Gasteiger partial charge is 0.262 e. The minimum absolute atomic E-state index is 0.00336. The van der Waals surface area contributed by atoms with Crippen LogP contribution in [0.15, 0.2) is 59.5 Å². The quantitative estimate of drug-likeness (QED) is 0.388. The van der Waals surface area contributed by atoms with Crippen LogP contribution in [0.2, 0.25) is 0 Å². The summed E-state index contributed by atoms with van der Waals surface area (Å²) in [6.45, 7) is -0.710. The van der Waals surface area contributed by atoms with E-state index in [2.05, 4.69) is 16.0 Å². The number of ether oxygens (including phenoxy) is 4. The molecule has 0 radical (unpaired) electrons. The fourth-order valence-electron chi connectivity index (χ4n) is 5.31. The third-order valence-electron chi connectivity index (χ3n) is 7.54. The molecule has 3 aromatic rings. The third-order valence-corrected chi connectivity index (χ3v) is 9.40. The number of benzene rings is 3. The monoisotopic (exact) mass is 640 g/mol. The number of piperidine rings is 1. The van der Waals surface area contributed by atoms with Crippen molar-refractivity contribution in [3.8, 4) is 23.0 Å². The Balaban J connectivity index is 1.32. The van der Waals surface area contributed by atoms with E-state index >= 15 is 0 Å². The van der Waals surface area contributed by atoms with E-state index in [1.165, 1.54) is 59.9 Å². The Morgan fingerprint density at radius 2 is 1.76 bits per heavy atom. The summed E-state index contributed by atoms with van der Waals surface area (Å²) in [5, 5.41) is 8.14. The number of rotatable bonds is 3. The maximum absolute atomic E-state index is 14.6. The second kappa shape index (κ2) is 12.2. The van der Waals surface area contributed by atoms with Gasteiger partial charge in [0.15, 0.2) is 24.7 Å². The summed E-state index contributed by atoms with van der Waals surface area (Å²) in [6.07, 6.45) is -0.600. The Bertz CT molecular complexity index is 1780. The molecule has 4 bridgehead atoms. The van der Waals surface area contributed by atoms with Crippen LogP contribution >= 0.6 is 0 Å². The van der Waals surface area contributed by atoms with Crippen molar-refractivity contribution in [1.82, 2.24) is 14.9 Å². The highest BCUT2D eigenvalue weighted by Crippen LogP contribution is 2.33. The molecule has 1 saturated heterocycles. The Labute approximate surface area is 257 Å². The van der Waals surface area contributed by atoms with Gasteiger partial charge in [-0.1, -0.05) is 0 Å². The van der Waals surface area contributed by atoms with Gasteiger partial charge in [-0.25, -0.2) is 12.8 Å². The summed E-state index contributed by atoms with van der Waals surface area (Å²) in [6, 6.07) is 11.7. The second-order valence-electron chi connectivity index (χ2n) is 10.6. The van der Waals surface area contributed by atoms with E-state index in [0.717, 1.165) is 0 Å². The fourth-order valence-corrected chi connectivity index (χ4v) is 6.82. The molecule has 13 nitrogen and oxygen atoms in total. The van der Waals surface area contributed by atoms with E-state index < -0.39 is 52.3 Å². The maximum Gasteiger partial charge on any atom is 0.262 e. The van der Waals surface area contributed by atoms with Crippen LogP contribution in [0.5, 0.6) is 23.0 Å². The molecule has 3 N–H and O–H groups in total. The number of nitrogens with one attached hydrogen (secondary N) is 3. The van der Waals surface area contributed by atoms with Crippen molar-refractivity contribution in [1.29, 1.82) is 0 Å². The van der Waals surface area contributed by atoms with Gasteiger partial charge >= 0.3 is 0 Å². The SMILES string of the molecule is COc1ccc2cc1OCC(=O)NCc1cc(F)cc(c1)O[C@@H]1CCN(S(=O)(=O)c3ccc4c(c3)NC(=O)CO4)C[C@@H]1NC2=O. The lowest BCUT2D eigenvalue weighted by Gasteiger charge is -2.38. The largest absolute Gasteiger partial charge is 0.493 e. The van der Waals surface area contributed by atoms with Crippen LogP contribution in [-0.4, -0.2) is 76.0 Å². The highest BCUT2D eigenvalue weighted by molar-refractivity contribution is 7.89. The number of hydrogen-bond acceptors (Lipinski definition) is 9. The van der Waals surface area contributed by atoms with Gasteiger partial charge in [0.2, 0.25) is 10.0 Å². The average Bonchev–Trinajstić information content (AvgIpc) is 3.02. The fraction of sp³-hybridized carbons (Fsp3) is 0.300. The molecule has 3 heterocycles. The zero-order valence-electron chi connectivity index (χ0n) is 24.0. The van der Waals surface area contributed by atoms with E-state index in [0.29, 0.717) is 11.3 Å². The van der Waals surface area contributed by atoms with Gasteiger partial charge in [-0.05, 0) is 54.1 Å². The Morgan fingerprint density at radius 1 is 0.956 bits per heavy atom. The highest BCUT2D eigenvalue weighted by Gasteiger charge is 2.38. The van der Waals surface area contributed by atoms with Crippen molar-refractivity contribution in [3.05, 3.63) is 71.5 Å². The number of anilines is 1. The summed E-state index contributed by atoms with van der Waals surface area (Å²) in [4.78, 5) is 37.7. The predicted molar refractivity (Wildman–Crippen MR) is 156 cm³/mol. The number of fused-ring (bicyclic) bond motifs is 6. The molecule has 15 heteroatoms. The lowest BCUT2D eigenvalue weighted by molar-refractivity contribution is -0.123. The molecule has 3 aliphatic rings. The van der Waals surface area contributed by atoms with Gasteiger partial charge in [0.1, 0.15) is 23.4 Å². The van der Waals surface area contributed by atoms with Crippen molar-refractivity contribution in [2.45, 2.75) is 30.0 Å². The van der Waals surface area contributed by atoms with Gasteiger partial charge in [-0.15, -0.1) is 0 Å². The van der Waals surface area contributed by atoms with E-state index in [4.69, 9.17) is 18.9 Å². The number of nitrogens with zero attached hydrogens (tertiary/aromatic N) is 1. The van der Waals surface area contributed by atoms with Gasteiger partial charge < -0.3 is 34.9 Å². The summed E-state index contributed by atoms with van der Waals surface area (Å²) in [5.74, 6) is -1.11. The molecule has 2 atom stereocenters. The molecule has 0 unspecified atom stereocenters. The summed E-state index contributed by atoms with van der Waals surface area (Å²) >= 11 is 0. The topological polar surface area (TPSA) is 162 Å². The number of methoxy groups -OCH3 is 1. The number of sulfonamides is 1. The molecule has 0 aromatic heterocycles. The first-order chi connectivity index (χ1) is 21.6. The van der Waals surface area contributed by atoms with Crippen molar-refractivity contribution >= 4 is 33.4 Å². The van der Waals surface area contributed by atoms with Gasteiger partial charge in [0.25, 0.3) is 17.7 Å². The van der Waals surface area contributed by atoms with Crippen LogP contribution in [0.25, 0.3) is 0 Å². The second-order valence-corrected chi connectivity index (χ2v) is 12.5. The van der Waals surface area contributed by atoms with Crippen molar-refractivity contribution in [2.75, 3.05) is 38.7 Å². The molecule has 0 spiro atoms. The van der Waals surface area contributed by atoms with Crippen LogP contribution in [0.3, 0.4) is 0 Å².